The van der Waals surface area contributed by atoms with Crippen LogP contribution in [-0.4, -0.2) is 16.0 Å². The number of hydrogen-bond acceptors (Lipinski definition) is 6. The first-order chi connectivity index (χ1) is 15.0. The van der Waals surface area contributed by atoms with Crippen molar-refractivity contribution in [2.75, 3.05) is 5.32 Å². The molecule has 0 fully saturated rings. The van der Waals surface area contributed by atoms with Crippen molar-refractivity contribution in [2.45, 2.75) is 20.5 Å². The molecule has 1 aromatic heterocycles. The summed E-state index contributed by atoms with van der Waals surface area (Å²) in [6.45, 7) is 4.26. The molecule has 1 N–H and O–H groups in total. The van der Waals surface area contributed by atoms with E-state index in [1.54, 1.807) is 36.4 Å². The minimum absolute atomic E-state index is 0.0758. The van der Waals surface area contributed by atoms with E-state index in [4.69, 9.17) is 16.3 Å². The molecule has 0 aliphatic rings. The van der Waals surface area contributed by atoms with Crippen LogP contribution in [0.4, 0.5) is 10.8 Å². The van der Waals surface area contributed by atoms with Crippen LogP contribution < -0.4 is 10.1 Å². The van der Waals surface area contributed by atoms with Gasteiger partial charge in [-0.05, 0) is 61.9 Å². The maximum Gasteiger partial charge on any atom is 0.210 e. The standard InChI is InChI=1S/C24H20ClN3O2S/c1-15-6-9-20(10-7-15)26-24-28-27-22(31-24)14-30-21-11-8-18(12-16(21)2)23(29)17-4-3-5-19(25)13-17/h3-13H,14H2,1-2H3,(H,26,28). The second-order valence-corrected chi connectivity index (χ2v) is 8.60. The number of carbonyl (C=O) groups is 1. The zero-order chi connectivity index (χ0) is 21.8. The molecule has 1 heterocycles. The highest BCUT2D eigenvalue weighted by molar-refractivity contribution is 7.15. The first-order valence-corrected chi connectivity index (χ1v) is 10.9. The fourth-order valence-corrected chi connectivity index (χ4v) is 3.87. The van der Waals surface area contributed by atoms with E-state index in [0.29, 0.717) is 33.6 Å². The van der Waals surface area contributed by atoms with Crippen molar-refractivity contribution in [2.24, 2.45) is 0 Å². The molecular formula is C24H20ClN3O2S. The first-order valence-electron chi connectivity index (χ1n) is 9.68. The van der Waals surface area contributed by atoms with Crippen LogP contribution in [0.2, 0.25) is 5.02 Å². The van der Waals surface area contributed by atoms with Gasteiger partial charge in [-0.2, -0.15) is 0 Å². The molecule has 0 aliphatic heterocycles. The molecule has 0 saturated carbocycles. The number of anilines is 2. The Hall–Kier alpha value is -3.22. The fraction of sp³-hybridized carbons (Fsp3) is 0.125. The third-order valence-electron chi connectivity index (χ3n) is 4.64. The molecule has 0 atom stereocenters. The molecule has 31 heavy (non-hydrogen) atoms. The van der Waals surface area contributed by atoms with E-state index in [1.165, 1.54) is 16.9 Å². The Morgan fingerprint density at radius 1 is 1.00 bits per heavy atom. The van der Waals surface area contributed by atoms with Gasteiger partial charge in [0.1, 0.15) is 12.4 Å². The van der Waals surface area contributed by atoms with Crippen LogP contribution in [0.25, 0.3) is 0 Å². The quantitative estimate of drug-likeness (QED) is 0.332. The summed E-state index contributed by atoms with van der Waals surface area (Å²) in [7, 11) is 0. The van der Waals surface area contributed by atoms with Crippen molar-refractivity contribution in [3.8, 4) is 5.75 Å². The summed E-state index contributed by atoms with van der Waals surface area (Å²) in [6, 6.07) is 20.4. The zero-order valence-corrected chi connectivity index (χ0v) is 18.6. The van der Waals surface area contributed by atoms with Gasteiger partial charge < -0.3 is 10.1 Å². The second kappa shape index (κ2) is 9.29. The van der Waals surface area contributed by atoms with Crippen molar-refractivity contribution < 1.29 is 9.53 Å². The smallest absolute Gasteiger partial charge is 0.210 e. The molecule has 4 rings (SSSR count). The Morgan fingerprint density at radius 3 is 2.52 bits per heavy atom. The Bertz CT molecular complexity index is 1220. The average Bonchev–Trinajstić information content (AvgIpc) is 3.21. The molecule has 7 heteroatoms. The van der Waals surface area contributed by atoms with Gasteiger partial charge >= 0.3 is 0 Å². The van der Waals surface area contributed by atoms with Crippen LogP contribution in [0.15, 0.2) is 66.7 Å². The van der Waals surface area contributed by atoms with Crippen LogP contribution in [0, 0.1) is 13.8 Å². The van der Waals surface area contributed by atoms with Crippen LogP contribution in [0.5, 0.6) is 5.75 Å². The number of rotatable bonds is 7. The van der Waals surface area contributed by atoms with Gasteiger partial charge in [-0.15, -0.1) is 10.2 Å². The zero-order valence-electron chi connectivity index (χ0n) is 17.1. The van der Waals surface area contributed by atoms with E-state index >= 15 is 0 Å². The van der Waals surface area contributed by atoms with Gasteiger partial charge in [0.05, 0.1) is 0 Å². The van der Waals surface area contributed by atoms with Crippen LogP contribution >= 0.6 is 22.9 Å². The molecule has 0 aliphatic carbocycles. The lowest BCUT2D eigenvalue weighted by atomic mass is 10.0. The first kappa shape index (κ1) is 21.0. The number of ketones is 1. The molecule has 0 unspecified atom stereocenters. The molecule has 0 saturated heterocycles. The van der Waals surface area contributed by atoms with E-state index in [0.717, 1.165) is 16.3 Å². The van der Waals surface area contributed by atoms with Gasteiger partial charge in [0.2, 0.25) is 5.13 Å². The molecule has 0 amide bonds. The summed E-state index contributed by atoms with van der Waals surface area (Å²) in [4.78, 5) is 12.7. The van der Waals surface area contributed by atoms with E-state index in [1.807, 2.05) is 44.2 Å². The van der Waals surface area contributed by atoms with Crippen LogP contribution in [0.1, 0.15) is 32.1 Å². The summed E-state index contributed by atoms with van der Waals surface area (Å²) in [5, 5.41) is 13.6. The Morgan fingerprint density at radius 2 is 1.77 bits per heavy atom. The number of ether oxygens (including phenoxy) is 1. The molecule has 0 bridgehead atoms. The molecule has 156 valence electrons. The predicted molar refractivity (Wildman–Crippen MR) is 125 cm³/mol. The van der Waals surface area contributed by atoms with E-state index in [-0.39, 0.29) is 5.78 Å². The summed E-state index contributed by atoms with van der Waals surface area (Å²) in [5.74, 6) is 0.624. The fourth-order valence-electron chi connectivity index (χ4n) is 3.01. The van der Waals surface area contributed by atoms with E-state index in [9.17, 15) is 4.79 Å². The summed E-state index contributed by atoms with van der Waals surface area (Å²) < 4.78 is 5.91. The van der Waals surface area contributed by atoms with Gasteiger partial charge in [-0.3, -0.25) is 4.79 Å². The lowest BCUT2D eigenvalue weighted by molar-refractivity contribution is 0.103. The van der Waals surface area contributed by atoms with Gasteiger partial charge in [0.25, 0.3) is 0 Å². The number of aryl methyl sites for hydroxylation is 2. The molecule has 5 nitrogen and oxygen atoms in total. The normalized spacial score (nSPS) is 10.7. The molecule has 3 aromatic carbocycles. The number of carbonyl (C=O) groups excluding carboxylic acids is 1. The number of hydrogen-bond donors (Lipinski definition) is 1. The maximum absolute atomic E-state index is 12.7. The van der Waals surface area contributed by atoms with Crippen molar-refractivity contribution in [3.63, 3.8) is 0 Å². The van der Waals surface area contributed by atoms with Gasteiger partial charge in [-0.25, -0.2) is 0 Å². The number of benzene rings is 3. The number of halogens is 1. The number of nitrogens with one attached hydrogen (secondary N) is 1. The van der Waals surface area contributed by atoms with Crippen molar-refractivity contribution in [3.05, 3.63) is 99.0 Å². The van der Waals surface area contributed by atoms with E-state index in [2.05, 4.69) is 15.5 Å². The second-order valence-electron chi connectivity index (χ2n) is 7.10. The highest BCUT2D eigenvalue weighted by atomic mass is 35.5. The van der Waals surface area contributed by atoms with Crippen LogP contribution in [-0.2, 0) is 6.61 Å². The molecule has 4 aromatic rings. The average molecular weight is 450 g/mol. The monoisotopic (exact) mass is 449 g/mol. The summed E-state index contributed by atoms with van der Waals surface area (Å²) >= 11 is 7.44. The minimum Gasteiger partial charge on any atom is -0.486 e. The number of aromatic nitrogens is 2. The summed E-state index contributed by atoms with van der Waals surface area (Å²) in [5.41, 5.74) is 4.18. The summed E-state index contributed by atoms with van der Waals surface area (Å²) in [6.07, 6.45) is 0. The van der Waals surface area contributed by atoms with Gasteiger partial charge in [0, 0.05) is 21.8 Å². The molecule has 0 radical (unpaired) electrons. The van der Waals surface area contributed by atoms with Crippen molar-refractivity contribution >= 4 is 39.5 Å². The van der Waals surface area contributed by atoms with Gasteiger partial charge in [0.15, 0.2) is 10.8 Å². The highest BCUT2D eigenvalue weighted by Crippen LogP contribution is 2.25. The topological polar surface area (TPSA) is 64.1 Å². The SMILES string of the molecule is Cc1ccc(Nc2nnc(COc3ccc(C(=O)c4cccc(Cl)c4)cc3C)s2)cc1. The molecule has 0 spiro atoms. The van der Waals surface area contributed by atoms with Crippen molar-refractivity contribution in [1.82, 2.24) is 10.2 Å². The van der Waals surface area contributed by atoms with Crippen LogP contribution in [0.3, 0.4) is 0 Å². The predicted octanol–water partition coefficient (Wildman–Crippen LogP) is 6.36. The lowest BCUT2D eigenvalue weighted by Crippen LogP contribution is -2.03. The third kappa shape index (κ3) is 5.29. The third-order valence-corrected chi connectivity index (χ3v) is 5.69. The Balaban J connectivity index is 1.39. The lowest BCUT2D eigenvalue weighted by Gasteiger charge is -2.09. The Kier molecular flexibility index (Phi) is 6.30. The largest absolute Gasteiger partial charge is 0.486 e. The van der Waals surface area contributed by atoms with Crippen molar-refractivity contribution in [1.29, 1.82) is 0 Å². The van der Waals surface area contributed by atoms with Gasteiger partial charge in [-0.1, -0.05) is 52.8 Å². The number of nitrogens with zero attached hydrogens (tertiary/aromatic N) is 2. The Labute approximate surface area is 189 Å². The highest BCUT2D eigenvalue weighted by Gasteiger charge is 2.12. The maximum atomic E-state index is 12.7. The minimum atomic E-state index is -0.0758. The van der Waals surface area contributed by atoms with E-state index < -0.39 is 0 Å². The molecular weight excluding hydrogens is 430 g/mol.